The van der Waals surface area contributed by atoms with Crippen molar-refractivity contribution in [2.75, 3.05) is 23.4 Å². The number of anilines is 1. The Kier molecular flexibility index (Phi) is 5.98. The maximum atomic E-state index is 12.6. The number of amides is 2. The maximum Gasteiger partial charge on any atom is 0.235 e. The molecule has 1 aliphatic heterocycles. The van der Waals surface area contributed by atoms with E-state index in [1.54, 1.807) is 13.0 Å². The maximum absolute atomic E-state index is 12.6. The Hall–Kier alpha value is -2.28. The van der Waals surface area contributed by atoms with Crippen molar-refractivity contribution >= 4 is 29.4 Å². The molecule has 1 aromatic carbocycles. The standard InChI is InChI=1S/C19H23N3O3S/c1-13-5-7-15(8-6-13)16-4-3-9-22(16)19(24)12-26-11-18(23)20-17-10-14(2)25-21-17/h5-8,10,16H,3-4,9,11-12H2,1-2H3,(H,20,21,23). The molecule has 3 rings (SSSR count). The first-order valence-corrected chi connectivity index (χ1v) is 9.85. The van der Waals surface area contributed by atoms with Crippen LogP contribution < -0.4 is 5.32 Å². The van der Waals surface area contributed by atoms with Crippen LogP contribution in [-0.4, -0.2) is 39.9 Å². The zero-order valence-electron chi connectivity index (χ0n) is 15.0. The number of hydrogen-bond acceptors (Lipinski definition) is 5. The van der Waals surface area contributed by atoms with E-state index in [0.717, 1.165) is 19.4 Å². The summed E-state index contributed by atoms with van der Waals surface area (Å²) in [5, 5.41) is 6.38. The molecule has 2 heterocycles. The second-order valence-electron chi connectivity index (χ2n) is 6.52. The van der Waals surface area contributed by atoms with Crippen LogP contribution in [0.1, 0.15) is 35.8 Å². The first-order chi connectivity index (χ1) is 12.5. The van der Waals surface area contributed by atoms with E-state index >= 15 is 0 Å². The summed E-state index contributed by atoms with van der Waals surface area (Å²) in [4.78, 5) is 26.4. The number of nitrogens with zero attached hydrogens (tertiary/aromatic N) is 2. The molecule has 6 nitrogen and oxygen atoms in total. The second kappa shape index (κ2) is 8.40. The quantitative estimate of drug-likeness (QED) is 0.841. The highest BCUT2D eigenvalue weighted by molar-refractivity contribution is 8.00. The topological polar surface area (TPSA) is 75.4 Å². The minimum Gasteiger partial charge on any atom is -0.360 e. The molecule has 1 saturated heterocycles. The zero-order chi connectivity index (χ0) is 18.5. The Balaban J connectivity index is 1.48. The van der Waals surface area contributed by atoms with E-state index in [-0.39, 0.29) is 23.6 Å². The molecule has 1 aromatic heterocycles. The van der Waals surface area contributed by atoms with Crippen LogP contribution in [0.2, 0.25) is 0 Å². The minimum absolute atomic E-state index is 0.0863. The van der Waals surface area contributed by atoms with E-state index in [4.69, 9.17) is 4.52 Å². The molecular weight excluding hydrogens is 350 g/mol. The van der Waals surface area contributed by atoms with E-state index in [2.05, 4.69) is 41.7 Å². The molecule has 2 aromatic rings. The third-order valence-electron chi connectivity index (χ3n) is 4.39. The summed E-state index contributed by atoms with van der Waals surface area (Å²) in [5.41, 5.74) is 2.40. The number of benzene rings is 1. The smallest absolute Gasteiger partial charge is 0.235 e. The molecule has 1 unspecified atom stereocenters. The fourth-order valence-corrected chi connectivity index (χ4v) is 3.82. The summed E-state index contributed by atoms with van der Waals surface area (Å²) in [7, 11) is 0. The number of nitrogens with one attached hydrogen (secondary N) is 1. The van der Waals surface area contributed by atoms with Gasteiger partial charge in [-0.05, 0) is 32.3 Å². The molecule has 26 heavy (non-hydrogen) atoms. The van der Waals surface area contributed by atoms with Gasteiger partial charge in [0, 0.05) is 12.6 Å². The van der Waals surface area contributed by atoms with Crippen LogP contribution in [0.3, 0.4) is 0 Å². The lowest BCUT2D eigenvalue weighted by Gasteiger charge is -2.25. The Morgan fingerprint density at radius 1 is 1.27 bits per heavy atom. The molecule has 0 bridgehead atoms. The van der Waals surface area contributed by atoms with Crippen molar-refractivity contribution in [2.45, 2.75) is 32.7 Å². The monoisotopic (exact) mass is 373 g/mol. The first-order valence-electron chi connectivity index (χ1n) is 8.70. The van der Waals surface area contributed by atoms with Gasteiger partial charge in [-0.15, -0.1) is 11.8 Å². The third-order valence-corrected chi connectivity index (χ3v) is 5.31. The highest BCUT2D eigenvalue weighted by Crippen LogP contribution is 2.32. The van der Waals surface area contributed by atoms with E-state index in [0.29, 0.717) is 17.3 Å². The summed E-state index contributed by atoms with van der Waals surface area (Å²) in [5.74, 6) is 1.45. The van der Waals surface area contributed by atoms with Gasteiger partial charge in [-0.2, -0.15) is 0 Å². The number of carbonyl (C=O) groups is 2. The lowest BCUT2D eigenvalue weighted by atomic mass is 10.0. The molecule has 0 radical (unpaired) electrons. The van der Waals surface area contributed by atoms with Crippen molar-refractivity contribution in [1.82, 2.24) is 10.1 Å². The largest absolute Gasteiger partial charge is 0.360 e. The van der Waals surface area contributed by atoms with Gasteiger partial charge in [-0.25, -0.2) is 0 Å². The number of likely N-dealkylation sites (tertiary alicyclic amines) is 1. The van der Waals surface area contributed by atoms with E-state index in [1.807, 2.05) is 4.90 Å². The van der Waals surface area contributed by atoms with Gasteiger partial charge >= 0.3 is 0 Å². The van der Waals surface area contributed by atoms with Crippen LogP contribution in [0, 0.1) is 13.8 Å². The summed E-state index contributed by atoms with van der Waals surface area (Å²) in [6.07, 6.45) is 2.01. The van der Waals surface area contributed by atoms with Crippen LogP contribution in [0.4, 0.5) is 5.82 Å². The Bertz CT molecular complexity index is 773. The van der Waals surface area contributed by atoms with Gasteiger partial charge in [0.25, 0.3) is 0 Å². The van der Waals surface area contributed by atoms with Crippen molar-refractivity contribution in [3.63, 3.8) is 0 Å². The van der Waals surface area contributed by atoms with Gasteiger partial charge in [-0.3, -0.25) is 9.59 Å². The minimum atomic E-state index is -0.187. The van der Waals surface area contributed by atoms with Gasteiger partial charge in [0.15, 0.2) is 5.82 Å². The van der Waals surface area contributed by atoms with Crippen LogP contribution in [0.15, 0.2) is 34.9 Å². The second-order valence-corrected chi connectivity index (χ2v) is 7.51. The summed E-state index contributed by atoms with van der Waals surface area (Å²) < 4.78 is 4.90. The lowest BCUT2D eigenvalue weighted by Crippen LogP contribution is -2.32. The molecule has 1 aliphatic rings. The highest BCUT2D eigenvalue weighted by Gasteiger charge is 2.29. The van der Waals surface area contributed by atoms with Crippen molar-refractivity contribution in [3.8, 4) is 0 Å². The molecule has 1 atom stereocenters. The Morgan fingerprint density at radius 3 is 2.73 bits per heavy atom. The van der Waals surface area contributed by atoms with Crippen LogP contribution in [0.5, 0.6) is 0 Å². The predicted octanol–water partition coefficient (Wildman–Crippen LogP) is 3.33. The van der Waals surface area contributed by atoms with E-state index in [1.165, 1.54) is 22.9 Å². The summed E-state index contributed by atoms with van der Waals surface area (Å²) >= 11 is 1.32. The summed E-state index contributed by atoms with van der Waals surface area (Å²) in [6, 6.07) is 10.2. The molecule has 2 amide bonds. The Morgan fingerprint density at radius 2 is 2.04 bits per heavy atom. The first kappa shape index (κ1) is 18.5. The van der Waals surface area contributed by atoms with E-state index in [9.17, 15) is 9.59 Å². The van der Waals surface area contributed by atoms with Crippen molar-refractivity contribution in [3.05, 3.63) is 47.2 Å². The molecule has 0 aliphatic carbocycles. The molecule has 0 saturated carbocycles. The average molecular weight is 373 g/mol. The number of carbonyl (C=O) groups excluding carboxylic acids is 2. The number of rotatable bonds is 6. The Labute approximate surface area is 157 Å². The average Bonchev–Trinajstić information content (AvgIpc) is 3.24. The van der Waals surface area contributed by atoms with Gasteiger partial charge < -0.3 is 14.7 Å². The van der Waals surface area contributed by atoms with Crippen molar-refractivity contribution < 1.29 is 14.1 Å². The van der Waals surface area contributed by atoms with Crippen LogP contribution in [0.25, 0.3) is 0 Å². The number of aryl methyl sites for hydroxylation is 2. The summed E-state index contributed by atoms with van der Waals surface area (Å²) in [6.45, 7) is 4.60. The molecule has 1 N–H and O–H groups in total. The number of hydrogen-bond donors (Lipinski definition) is 1. The molecular formula is C19H23N3O3S. The van der Waals surface area contributed by atoms with Crippen LogP contribution in [-0.2, 0) is 9.59 Å². The SMILES string of the molecule is Cc1ccc(C2CCCN2C(=O)CSCC(=O)Nc2cc(C)on2)cc1. The van der Waals surface area contributed by atoms with E-state index < -0.39 is 0 Å². The fourth-order valence-electron chi connectivity index (χ4n) is 3.12. The lowest BCUT2D eigenvalue weighted by molar-refractivity contribution is -0.129. The van der Waals surface area contributed by atoms with Gasteiger partial charge in [0.05, 0.1) is 17.5 Å². The zero-order valence-corrected chi connectivity index (χ0v) is 15.8. The van der Waals surface area contributed by atoms with Crippen LogP contribution >= 0.6 is 11.8 Å². The molecule has 0 spiro atoms. The van der Waals surface area contributed by atoms with Crippen molar-refractivity contribution in [2.24, 2.45) is 0 Å². The van der Waals surface area contributed by atoms with Gasteiger partial charge in [-0.1, -0.05) is 35.0 Å². The molecule has 1 fully saturated rings. The molecule has 138 valence electrons. The number of thioether (sulfide) groups is 1. The normalized spacial score (nSPS) is 16.7. The van der Waals surface area contributed by atoms with Crippen molar-refractivity contribution in [1.29, 1.82) is 0 Å². The highest BCUT2D eigenvalue weighted by atomic mass is 32.2. The fraction of sp³-hybridized carbons (Fsp3) is 0.421. The van der Waals surface area contributed by atoms with Gasteiger partial charge in [0.1, 0.15) is 5.76 Å². The predicted molar refractivity (Wildman–Crippen MR) is 102 cm³/mol. The molecule has 7 heteroatoms. The number of aromatic nitrogens is 1. The van der Waals surface area contributed by atoms with Gasteiger partial charge in [0.2, 0.25) is 11.8 Å². The third kappa shape index (κ3) is 4.66.